The number of aryl methyl sites for hydroxylation is 2. The summed E-state index contributed by atoms with van der Waals surface area (Å²) in [5.74, 6) is -0.0516. The van der Waals surface area contributed by atoms with E-state index in [-0.39, 0.29) is 24.1 Å². The molecule has 1 aliphatic carbocycles. The van der Waals surface area contributed by atoms with Crippen LogP contribution in [0.3, 0.4) is 0 Å². The van der Waals surface area contributed by atoms with E-state index in [2.05, 4.69) is 62.4 Å². The summed E-state index contributed by atoms with van der Waals surface area (Å²) in [6, 6.07) is 14.5. The van der Waals surface area contributed by atoms with E-state index in [4.69, 9.17) is 24.2 Å². The second-order valence-electron chi connectivity index (χ2n) is 17.9. The lowest BCUT2D eigenvalue weighted by Gasteiger charge is -2.34. The number of aliphatic hydroxyl groups excluding tert-OH is 1. The molecular formula is C49H67N9O7. The van der Waals surface area contributed by atoms with E-state index in [0.717, 1.165) is 125 Å². The number of hydrogen-bond acceptors (Lipinski definition) is 12. The van der Waals surface area contributed by atoms with E-state index in [1.165, 1.54) is 15.7 Å². The molecule has 16 nitrogen and oxygen atoms in total. The van der Waals surface area contributed by atoms with Gasteiger partial charge in [-0.25, -0.2) is 9.78 Å². The van der Waals surface area contributed by atoms with Gasteiger partial charge < -0.3 is 29.2 Å². The molecule has 2 aromatic carbocycles. The number of carbonyl (C=O) groups is 2. The zero-order chi connectivity index (χ0) is 45.1. The molecule has 16 heteroatoms. The Morgan fingerprint density at radius 1 is 0.815 bits per heavy atom. The minimum absolute atomic E-state index is 0.201. The average molecular weight is 894 g/mol. The number of piperidine rings is 1. The molecule has 1 atom stereocenters. The summed E-state index contributed by atoms with van der Waals surface area (Å²) < 4.78 is 22.8. The fraction of sp³-hybridized carbons (Fsp3) is 0.571. The monoisotopic (exact) mass is 894 g/mol. The van der Waals surface area contributed by atoms with Crippen LogP contribution in [0.5, 0.6) is 0 Å². The number of hydrogen-bond donors (Lipinski definition) is 3. The van der Waals surface area contributed by atoms with Gasteiger partial charge in [-0.2, -0.15) is 4.98 Å². The molecule has 5 aromatic rings. The van der Waals surface area contributed by atoms with Gasteiger partial charge >= 0.3 is 5.69 Å². The van der Waals surface area contributed by atoms with E-state index < -0.39 is 11.9 Å². The topological polar surface area (TPSA) is 170 Å². The fourth-order valence-electron chi connectivity index (χ4n) is 9.46. The van der Waals surface area contributed by atoms with Crippen molar-refractivity contribution >= 4 is 39.8 Å². The normalized spacial score (nSPS) is 20.0. The van der Waals surface area contributed by atoms with Gasteiger partial charge in [0.25, 0.3) is 0 Å². The van der Waals surface area contributed by atoms with Gasteiger partial charge in [0.15, 0.2) is 0 Å². The Balaban J connectivity index is 0.687. The first-order chi connectivity index (χ1) is 31.7. The number of piperazine rings is 1. The number of fused-ring (bicyclic) bond motifs is 2. The van der Waals surface area contributed by atoms with Crippen molar-refractivity contribution in [1.82, 2.24) is 38.8 Å². The number of aromatic nitrogens is 5. The second kappa shape index (κ2) is 22.5. The standard InChI is InChI=1S/C49H67N9O7/c1-3-4-19-50-48-51-32-40-41(34-57(46(40)53-48)38-12-14-39(59)15-13-38)37-10-7-36(8-11-37)33-56-22-20-55(21-23-56)24-26-64-28-30-65-29-27-63-25-5-6-35-9-16-42-44(31-35)54(2)49(62)58(42)43-17-18-45(60)52-47(43)61/h7-11,16,31-32,34,38-39,43,59H,3-6,12-15,17-30,33H2,1-2H3,(H,50,51,53)(H,52,60,61)/t38-,39-,43?. The van der Waals surface area contributed by atoms with Gasteiger partial charge in [0, 0.05) is 95.3 Å². The second-order valence-corrected chi connectivity index (χ2v) is 17.9. The van der Waals surface area contributed by atoms with Crippen LogP contribution < -0.4 is 16.3 Å². The molecule has 3 aliphatic rings. The number of carbonyl (C=O) groups excluding carboxylic acids is 2. The van der Waals surface area contributed by atoms with E-state index >= 15 is 0 Å². The molecule has 0 bridgehead atoms. The number of anilines is 1. The summed E-state index contributed by atoms with van der Waals surface area (Å²) in [7, 11) is 1.71. The minimum atomic E-state index is -0.685. The predicted molar refractivity (Wildman–Crippen MR) is 251 cm³/mol. The van der Waals surface area contributed by atoms with Crippen molar-refractivity contribution in [2.75, 3.05) is 84.2 Å². The van der Waals surface area contributed by atoms with Gasteiger partial charge in [0.1, 0.15) is 11.7 Å². The first-order valence-electron chi connectivity index (χ1n) is 23.9. The lowest BCUT2D eigenvalue weighted by molar-refractivity contribution is -0.135. The van der Waals surface area contributed by atoms with Gasteiger partial charge in [-0.15, -0.1) is 0 Å². The lowest BCUT2D eigenvalue weighted by atomic mass is 9.93. The number of amides is 2. The molecule has 8 rings (SSSR count). The highest BCUT2D eigenvalue weighted by Crippen LogP contribution is 2.37. The van der Waals surface area contributed by atoms with Crippen LogP contribution >= 0.6 is 0 Å². The first kappa shape index (κ1) is 46.6. The summed E-state index contributed by atoms with van der Waals surface area (Å²) in [5.41, 5.74) is 6.89. The minimum Gasteiger partial charge on any atom is -0.393 e. The van der Waals surface area contributed by atoms with Gasteiger partial charge in [-0.1, -0.05) is 43.7 Å². The molecule has 3 fully saturated rings. The van der Waals surface area contributed by atoms with Crippen molar-refractivity contribution in [2.45, 2.75) is 95.9 Å². The summed E-state index contributed by atoms with van der Waals surface area (Å²) in [6.45, 7) is 12.4. The van der Waals surface area contributed by atoms with E-state index in [1.807, 2.05) is 24.4 Å². The van der Waals surface area contributed by atoms with Gasteiger partial charge in [0.2, 0.25) is 17.8 Å². The van der Waals surface area contributed by atoms with Crippen LogP contribution in [-0.2, 0) is 43.8 Å². The Hall–Kier alpha value is -4.97. The van der Waals surface area contributed by atoms with Crippen LogP contribution in [0.15, 0.2) is 59.7 Å². The molecule has 3 aromatic heterocycles. The van der Waals surface area contributed by atoms with E-state index in [9.17, 15) is 19.5 Å². The zero-order valence-corrected chi connectivity index (χ0v) is 38.2. The van der Waals surface area contributed by atoms with Crippen molar-refractivity contribution in [2.24, 2.45) is 7.05 Å². The van der Waals surface area contributed by atoms with Gasteiger partial charge in [0.05, 0.1) is 50.2 Å². The number of rotatable bonds is 22. The molecule has 2 aliphatic heterocycles. The Morgan fingerprint density at radius 2 is 1.52 bits per heavy atom. The molecule has 350 valence electrons. The maximum Gasteiger partial charge on any atom is 0.329 e. The summed E-state index contributed by atoms with van der Waals surface area (Å²) in [5, 5.41) is 17.0. The number of ether oxygens (including phenoxy) is 3. The first-order valence-corrected chi connectivity index (χ1v) is 23.9. The molecule has 5 heterocycles. The molecule has 2 saturated heterocycles. The number of nitrogens with one attached hydrogen (secondary N) is 2. The molecule has 3 N–H and O–H groups in total. The third-order valence-corrected chi connectivity index (χ3v) is 13.3. The molecule has 2 amide bonds. The van der Waals surface area contributed by atoms with Crippen LogP contribution in [0.4, 0.5) is 5.95 Å². The summed E-state index contributed by atoms with van der Waals surface area (Å²) in [4.78, 5) is 51.8. The molecule has 0 spiro atoms. The highest BCUT2D eigenvalue weighted by atomic mass is 16.5. The van der Waals surface area contributed by atoms with Crippen LogP contribution in [0.1, 0.15) is 87.9 Å². The summed E-state index contributed by atoms with van der Waals surface area (Å²) in [6.07, 6.45) is 11.9. The highest BCUT2D eigenvalue weighted by Gasteiger charge is 2.31. The van der Waals surface area contributed by atoms with E-state index in [1.54, 1.807) is 11.6 Å². The Morgan fingerprint density at radius 3 is 2.26 bits per heavy atom. The Kier molecular flexibility index (Phi) is 16.1. The lowest BCUT2D eigenvalue weighted by Crippen LogP contribution is -2.46. The number of nitrogens with zero attached hydrogens (tertiary/aromatic N) is 7. The number of imidazole rings is 1. The van der Waals surface area contributed by atoms with Gasteiger partial charge in [-0.3, -0.25) is 33.8 Å². The molecular weight excluding hydrogens is 827 g/mol. The fourth-order valence-corrected chi connectivity index (χ4v) is 9.46. The summed E-state index contributed by atoms with van der Waals surface area (Å²) >= 11 is 0. The predicted octanol–water partition coefficient (Wildman–Crippen LogP) is 5.22. The number of unbranched alkanes of at least 4 members (excludes halogenated alkanes) is 1. The molecule has 1 unspecified atom stereocenters. The molecule has 0 radical (unpaired) electrons. The number of imide groups is 1. The maximum atomic E-state index is 13.0. The van der Waals surface area contributed by atoms with Crippen LogP contribution in [0, 0.1) is 0 Å². The van der Waals surface area contributed by atoms with Gasteiger partial charge in [-0.05, 0) is 80.2 Å². The quantitative estimate of drug-likeness (QED) is 0.0613. The third kappa shape index (κ3) is 11.7. The molecule has 1 saturated carbocycles. The van der Waals surface area contributed by atoms with Crippen molar-refractivity contribution in [3.63, 3.8) is 0 Å². The average Bonchev–Trinajstić information content (AvgIpc) is 3.81. The third-order valence-electron chi connectivity index (χ3n) is 13.3. The Labute approximate surface area is 381 Å². The SMILES string of the molecule is CCCCNc1ncc2c(-c3ccc(CN4CCN(CCOCCOCCOCCCc5ccc6c(c5)n(C)c(=O)n6C5CCC(=O)NC5=O)CC4)cc3)cn([C@H]3CC[C@H](O)CC3)c2n1. The van der Waals surface area contributed by atoms with Crippen molar-refractivity contribution < 1.29 is 28.9 Å². The van der Waals surface area contributed by atoms with Crippen molar-refractivity contribution in [3.8, 4) is 11.1 Å². The van der Waals surface area contributed by atoms with Crippen molar-refractivity contribution in [3.05, 3.63) is 76.5 Å². The van der Waals surface area contributed by atoms with Crippen molar-refractivity contribution in [1.29, 1.82) is 0 Å². The zero-order valence-electron chi connectivity index (χ0n) is 38.2. The highest BCUT2D eigenvalue weighted by molar-refractivity contribution is 6.00. The Bertz CT molecular complexity index is 2410. The van der Waals surface area contributed by atoms with Crippen LogP contribution in [-0.4, -0.2) is 135 Å². The van der Waals surface area contributed by atoms with Crippen LogP contribution in [0.25, 0.3) is 33.2 Å². The van der Waals surface area contributed by atoms with E-state index in [0.29, 0.717) is 63.6 Å². The molecule has 65 heavy (non-hydrogen) atoms. The smallest absolute Gasteiger partial charge is 0.329 e. The number of benzene rings is 2. The number of aliphatic hydroxyl groups is 1. The maximum absolute atomic E-state index is 13.0. The van der Waals surface area contributed by atoms with Crippen LogP contribution in [0.2, 0.25) is 0 Å². The largest absolute Gasteiger partial charge is 0.393 e.